The Labute approximate surface area is 197 Å². The van der Waals surface area contributed by atoms with Crippen molar-refractivity contribution in [1.82, 2.24) is 15.3 Å². The van der Waals surface area contributed by atoms with Crippen molar-refractivity contribution in [1.29, 1.82) is 0 Å². The number of amides is 1. The highest BCUT2D eigenvalue weighted by Gasteiger charge is 2.15. The topological polar surface area (TPSA) is 123 Å². The molecule has 2 aromatic carbocycles. The second-order valence-corrected chi connectivity index (χ2v) is 8.42. The molecule has 5 N–H and O–H groups in total. The summed E-state index contributed by atoms with van der Waals surface area (Å²) in [5, 5.41) is 8.63. The molecule has 0 aliphatic rings. The van der Waals surface area contributed by atoms with Gasteiger partial charge in [-0.05, 0) is 57.5 Å². The molecule has 3 aromatic rings. The fourth-order valence-electron chi connectivity index (χ4n) is 2.83. The summed E-state index contributed by atoms with van der Waals surface area (Å²) in [5.41, 5.74) is 7.07. The number of nitrogens with one attached hydrogen (secondary N) is 3. The van der Waals surface area contributed by atoms with Crippen LogP contribution in [0.1, 0.15) is 27.2 Å². The van der Waals surface area contributed by atoms with E-state index in [0.717, 1.165) is 6.20 Å². The Morgan fingerprint density at radius 1 is 1.09 bits per heavy atom. The molecule has 0 aliphatic carbocycles. The molecule has 1 heterocycles. The number of nitrogens with zero attached hydrogens (tertiary/aromatic N) is 2. The Hall–Kier alpha value is -4.08. The molecule has 0 atom stereocenters. The van der Waals surface area contributed by atoms with Gasteiger partial charge in [0.2, 0.25) is 5.95 Å². The van der Waals surface area contributed by atoms with Crippen molar-refractivity contribution in [2.24, 2.45) is 0 Å². The monoisotopic (exact) mass is 468 g/mol. The van der Waals surface area contributed by atoms with Crippen molar-refractivity contribution in [3.05, 3.63) is 60.5 Å². The normalized spacial score (nSPS) is 10.9. The van der Waals surface area contributed by atoms with Crippen LogP contribution in [0.4, 0.5) is 38.0 Å². The molecule has 9 nitrogen and oxygen atoms in total. The Balaban J connectivity index is 1.52. The maximum Gasteiger partial charge on any atom is 0.407 e. The van der Waals surface area contributed by atoms with Crippen LogP contribution in [-0.2, 0) is 4.74 Å². The number of benzene rings is 2. The van der Waals surface area contributed by atoms with Gasteiger partial charge in [0, 0.05) is 29.7 Å². The van der Waals surface area contributed by atoms with E-state index in [2.05, 4.69) is 25.9 Å². The molecular weight excluding hydrogens is 439 g/mol. The van der Waals surface area contributed by atoms with Gasteiger partial charge in [-0.2, -0.15) is 4.98 Å². The van der Waals surface area contributed by atoms with Gasteiger partial charge in [-0.3, -0.25) is 0 Å². The van der Waals surface area contributed by atoms with Crippen LogP contribution in [0.15, 0.2) is 54.7 Å². The van der Waals surface area contributed by atoms with E-state index in [9.17, 15) is 9.18 Å². The number of rotatable bonds is 9. The lowest BCUT2D eigenvalue weighted by molar-refractivity contribution is 0.0525. The third kappa shape index (κ3) is 8.12. The lowest BCUT2D eigenvalue weighted by atomic mass is 10.2. The first-order valence-electron chi connectivity index (χ1n) is 10.8. The van der Waals surface area contributed by atoms with E-state index in [0.29, 0.717) is 42.4 Å². The van der Waals surface area contributed by atoms with Crippen LogP contribution in [0, 0.1) is 5.82 Å². The van der Waals surface area contributed by atoms with Crippen LogP contribution in [-0.4, -0.2) is 34.8 Å². The molecule has 0 spiro atoms. The standard InChI is InChI=1S/C24H29FN6O3/c1-24(2,3)34-23(32)27-11-6-12-33-19-10-5-9-18(14-19)30-22-28-15-20(25)21(31-22)29-17-8-4-7-16(26)13-17/h4-5,7-10,13-15H,6,11-12,26H2,1-3H3,(H,27,32)(H2,28,29,30,31). The zero-order valence-electron chi connectivity index (χ0n) is 19.4. The molecule has 0 radical (unpaired) electrons. The molecule has 0 fully saturated rings. The number of hydrogen-bond acceptors (Lipinski definition) is 8. The predicted octanol–water partition coefficient (Wildman–Crippen LogP) is 4.98. The molecule has 180 valence electrons. The summed E-state index contributed by atoms with van der Waals surface area (Å²) < 4.78 is 25.1. The molecule has 0 saturated carbocycles. The van der Waals surface area contributed by atoms with Gasteiger partial charge in [-0.1, -0.05) is 12.1 Å². The lowest BCUT2D eigenvalue weighted by Gasteiger charge is -2.19. The number of nitrogens with two attached hydrogens (primary N) is 1. The summed E-state index contributed by atoms with van der Waals surface area (Å²) in [6.45, 7) is 6.26. The minimum Gasteiger partial charge on any atom is -0.493 e. The predicted molar refractivity (Wildman–Crippen MR) is 130 cm³/mol. The van der Waals surface area contributed by atoms with Gasteiger partial charge in [-0.15, -0.1) is 0 Å². The van der Waals surface area contributed by atoms with Crippen LogP contribution in [0.2, 0.25) is 0 Å². The van der Waals surface area contributed by atoms with E-state index in [1.807, 2.05) is 39.0 Å². The van der Waals surface area contributed by atoms with Crippen LogP contribution >= 0.6 is 0 Å². The van der Waals surface area contributed by atoms with Crippen LogP contribution < -0.4 is 26.4 Å². The Kier molecular flexibility index (Phi) is 8.07. The first kappa shape index (κ1) is 24.6. The van der Waals surface area contributed by atoms with Crippen molar-refractivity contribution in [3.63, 3.8) is 0 Å². The van der Waals surface area contributed by atoms with Gasteiger partial charge in [0.05, 0.1) is 12.8 Å². The molecule has 3 rings (SSSR count). The summed E-state index contributed by atoms with van der Waals surface area (Å²) in [7, 11) is 0. The highest BCUT2D eigenvalue weighted by atomic mass is 19.1. The van der Waals surface area contributed by atoms with Gasteiger partial charge in [0.1, 0.15) is 11.4 Å². The van der Waals surface area contributed by atoms with Crippen molar-refractivity contribution < 1.29 is 18.7 Å². The number of carbonyl (C=O) groups is 1. The van der Waals surface area contributed by atoms with Crippen molar-refractivity contribution in [3.8, 4) is 5.75 Å². The Morgan fingerprint density at radius 3 is 2.56 bits per heavy atom. The maximum absolute atomic E-state index is 14.2. The third-order valence-electron chi connectivity index (χ3n) is 4.24. The summed E-state index contributed by atoms with van der Waals surface area (Å²) >= 11 is 0. The number of hydrogen-bond donors (Lipinski definition) is 4. The summed E-state index contributed by atoms with van der Waals surface area (Å²) in [6.07, 6.45) is 1.24. The number of nitrogen functional groups attached to an aromatic ring is 1. The summed E-state index contributed by atoms with van der Waals surface area (Å²) in [5.74, 6) is 0.270. The van der Waals surface area contributed by atoms with Crippen molar-refractivity contribution >= 4 is 34.9 Å². The van der Waals surface area contributed by atoms with Gasteiger partial charge >= 0.3 is 6.09 Å². The highest BCUT2D eigenvalue weighted by molar-refractivity contribution is 5.67. The maximum atomic E-state index is 14.2. The number of carbonyl (C=O) groups excluding carboxylic acids is 1. The molecule has 0 unspecified atom stereocenters. The molecule has 1 amide bonds. The van der Waals surface area contributed by atoms with Crippen molar-refractivity contribution in [2.75, 3.05) is 29.5 Å². The fourth-order valence-corrected chi connectivity index (χ4v) is 2.83. The second-order valence-electron chi connectivity index (χ2n) is 8.42. The molecular formula is C24H29FN6O3. The average molecular weight is 469 g/mol. The van der Waals surface area contributed by atoms with E-state index in [-0.39, 0.29) is 11.8 Å². The smallest absolute Gasteiger partial charge is 0.407 e. The Bertz CT molecular complexity index is 1120. The van der Waals surface area contributed by atoms with Crippen LogP contribution in [0.25, 0.3) is 0 Å². The number of ether oxygens (including phenoxy) is 2. The van der Waals surface area contributed by atoms with Crippen molar-refractivity contribution in [2.45, 2.75) is 32.8 Å². The van der Waals surface area contributed by atoms with E-state index >= 15 is 0 Å². The molecule has 0 aliphatic heterocycles. The van der Waals surface area contributed by atoms with Gasteiger partial charge < -0.3 is 31.2 Å². The van der Waals surface area contributed by atoms with E-state index in [1.54, 1.807) is 30.3 Å². The number of alkyl carbamates (subject to hydrolysis) is 1. The third-order valence-corrected chi connectivity index (χ3v) is 4.24. The van der Waals surface area contributed by atoms with Crippen LogP contribution in [0.3, 0.4) is 0 Å². The number of halogens is 1. The van der Waals surface area contributed by atoms with E-state index in [1.165, 1.54) is 0 Å². The highest BCUT2D eigenvalue weighted by Crippen LogP contribution is 2.23. The Morgan fingerprint density at radius 2 is 1.82 bits per heavy atom. The summed E-state index contributed by atoms with van der Waals surface area (Å²) in [4.78, 5) is 19.8. The average Bonchev–Trinajstić information content (AvgIpc) is 2.75. The zero-order chi connectivity index (χ0) is 24.6. The number of aromatic nitrogens is 2. The quantitative estimate of drug-likeness (QED) is 0.256. The summed E-state index contributed by atoms with van der Waals surface area (Å²) in [6, 6.07) is 14.1. The molecule has 0 saturated heterocycles. The molecule has 1 aromatic heterocycles. The van der Waals surface area contributed by atoms with E-state index in [4.69, 9.17) is 15.2 Å². The van der Waals surface area contributed by atoms with Crippen LogP contribution in [0.5, 0.6) is 5.75 Å². The molecule has 10 heteroatoms. The first-order valence-corrected chi connectivity index (χ1v) is 10.8. The zero-order valence-corrected chi connectivity index (χ0v) is 19.4. The van der Waals surface area contributed by atoms with Gasteiger partial charge in [0.25, 0.3) is 0 Å². The largest absolute Gasteiger partial charge is 0.493 e. The van der Waals surface area contributed by atoms with E-state index < -0.39 is 17.5 Å². The minimum atomic E-state index is -0.593. The second kappa shape index (κ2) is 11.2. The van der Waals surface area contributed by atoms with Gasteiger partial charge in [-0.25, -0.2) is 14.2 Å². The fraction of sp³-hybridized carbons (Fsp3) is 0.292. The first-order chi connectivity index (χ1) is 16.2. The van der Waals surface area contributed by atoms with Gasteiger partial charge in [0.15, 0.2) is 11.6 Å². The molecule has 0 bridgehead atoms. The lowest BCUT2D eigenvalue weighted by Crippen LogP contribution is -2.33. The molecule has 34 heavy (non-hydrogen) atoms. The number of anilines is 5. The SMILES string of the molecule is CC(C)(C)OC(=O)NCCCOc1cccc(Nc2ncc(F)c(Nc3cccc(N)c3)n2)c1. The minimum absolute atomic E-state index is 0.0213.